The van der Waals surface area contributed by atoms with Crippen LogP contribution in [0.5, 0.6) is 0 Å². The molecular weight excluding hydrogens is 238 g/mol. The lowest BCUT2D eigenvalue weighted by Crippen LogP contribution is -2.38. The molecule has 1 aliphatic carbocycles. The van der Waals surface area contributed by atoms with Crippen LogP contribution in [0, 0.1) is 0 Å². The molecule has 0 saturated heterocycles. The van der Waals surface area contributed by atoms with E-state index in [-0.39, 0.29) is 5.54 Å². The largest absolute Gasteiger partial charge is 0.325 e. The van der Waals surface area contributed by atoms with E-state index in [1.165, 1.54) is 28.4 Å². The van der Waals surface area contributed by atoms with E-state index in [4.69, 9.17) is 5.73 Å². The highest BCUT2D eigenvalue weighted by atomic mass is 79.9. The average molecular weight is 254 g/mol. The number of nitrogens with two attached hydrogens (primary N) is 1. The predicted octanol–water partition coefficient (Wildman–Crippen LogP) is 3.22. The van der Waals surface area contributed by atoms with Crippen molar-refractivity contribution in [3.05, 3.63) is 33.8 Å². The molecule has 0 amide bonds. The Balaban J connectivity index is 2.41. The van der Waals surface area contributed by atoms with Crippen LogP contribution in [0.4, 0.5) is 0 Å². The van der Waals surface area contributed by atoms with E-state index >= 15 is 0 Å². The van der Waals surface area contributed by atoms with Crippen molar-refractivity contribution in [3.8, 4) is 0 Å². The Bertz CT molecular complexity index is 352. The van der Waals surface area contributed by atoms with Gasteiger partial charge in [-0.1, -0.05) is 22.0 Å². The van der Waals surface area contributed by atoms with Crippen LogP contribution in [0.2, 0.25) is 0 Å². The SMILES string of the molecule is CC(C)(N)C1CCc2cc(Br)ccc21. The summed E-state index contributed by atoms with van der Waals surface area (Å²) in [5, 5.41) is 0. The van der Waals surface area contributed by atoms with Crippen LogP contribution in [0.3, 0.4) is 0 Å². The van der Waals surface area contributed by atoms with E-state index in [1.54, 1.807) is 0 Å². The van der Waals surface area contributed by atoms with Crippen molar-refractivity contribution in [3.63, 3.8) is 0 Å². The van der Waals surface area contributed by atoms with Gasteiger partial charge in [0.05, 0.1) is 0 Å². The van der Waals surface area contributed by atoms with Gasteiger partial charge in [0.15, 0.2) is 0 Å². The molecule has 1 nitrogen and oxygen atoms in total. The van der Waals surface area contributed by atoms with Crippen molar-refractivity contribution in [1.82, 2.24) is 0 Å². The number of halogens is 1. The minimum atomic E-state index is -0.0981. The topological polar surface area (TPSA) is 26.0 Å². The van der Waals surface area contributed by atoms with Gasteiger partial charge in [-0.05, 0) is 49.9 Å². The zero-order valence-electron chi connectivity index (χ0n) is 8.68. The lowest BCUT2D eigenvalue weighted by atomic mass is 9.84. The minimum Gasteiger partial charge on any atom is -0.325 e. The Morgan fingerprint density at radius 3 is 2.79 bits per heavy atom. The molecule has 2 rings (SSSR count). The smallest absolute Gasteiger partial charge is 0.0178 e. The van der Waals surface area contributed by atoms with Crippen LogP contribution >= 0.6 is 15.9 Å². The van der Waals surface area contributed by atoms with E-state index < -0.39 is 0 Å². The van der Waals surface area contributed by atoms with Crippen molar-refractivity contribution in [1.29, 1.82) is 0 Å². The number of aryl methyl sites for hydroxylation is 1. The first-order valence-electron chi connectivity index (χ1n) is 5.05. The van der Waals surface area contributed by atoms with Gasteiger partial charge in [-0.25, -0.2) is 0 Å². The average Bonchev–Trinajstić information content (AvgIpc) is 2.45. The molecule has 0 fully saturated rings. The number of benzene rings is 1. The van der Waals surface area contributed by atoms with Crippen molar-refractivity contribution in [2.75, 3.05) is 0 Å². The van der Waals surface area contributed by atoms with Gasteiger partial charge in [-0.2, -0.15) is 0 Å². The maximum absolute atomic E-state index is 6.18. The molecular formula is C12H16BrN. The summed E-state index contributed by atoms with van der Waals surface area (Å²) in [4.78, 5) is 0. The maximum atomic E-state index is 6.18. The molecule has 2 heteroatoms. The van der Waals surface area contributed by atoms with Crippen LogP contribution < -0.4 is 5.73 Å². The van der Waals surface area contributed by atoms with E-state index in [1.807, 2.05) is 0 Å². The Labute approximate surface area is 93.8 Å². The number of hydrogen-bond donors (Lipinski definition) is 1. The fraction of sp³-hybridized carbons (Fsp3) is 0.500. The summed E-state index contributed by atoms with van der Waals surface area (Å²) in [7, 11) is 0. The van der Waals surface area contributed by atoms with Gasteiger partial charge in [0.25, 0.3) is 0 Å². The molecule has 0 saturated carbocycles. The highest BCUT2D eigenvalue weighted by Gasteiger charge is 2.32. The van der Waals surface area contributed by atoms with E-state index in [0.29, 0.717) is 5.92 Å². The summed E-state index contributed by atoms with van der Waals surface area (Å²) in [5.41, 5.74) is 8.99. The second kappa shape index (κ2) is 3.35. The highest BCUT2D eigenvalue weighted by molar-refractivity contribution is 9.10. The molecule has 0 bridgehead atoms. The van der Waals surface area contributed by atoms with Crippen molar-refractivity contribution in [2.45, 2.75) is 38.1 Å². The zero-order valence-corrected chi connectivity index (χ0v) is 10.3. The first kappa shape index (κ1) is 10.2. The summed E-state index contributed by atoms with van der Waals surface area (Å²) in [6.07, 6.45) is 2.36. The van der Waals surface area contributed by atoms with Gasteiger partial charge in [0, 0.05) is 15.9 Å². The van der Waals surface area contributed by atoms with E-state index in [0.717, 1.165) is 0 Å². The Hall–Kier alpha value is -0.340. The van der Waals surface area contributed by atoms with Crippen LogP contribution in [0.15, 0.2) is 22.7 Å². The van der Waals surface area contributed by atoms with Crippen molar-refractivity contribution < 1.29 is 0 Å². The first-order chi connectivity index (χ1) is 6.48. The van der Waals surface area contributed by atoms with Crippen LogP contribution in [0.25, 0.3) is 0 Å². The monoisotopic (exact) mass is 253 g/mol. The third kappa shape index (κ3) is 1.73. The summed E-state index contributed by atoms with van der Waals surface area (Å²) < 4.78 is 1.17. The molecule has 0 spiro atoms. The van der Waals surface area contributed by atoms with Crippen LogP contribution in [0.1, 0.15) is 37.3 Å². The highest BCUT2D eigenvalue weighted by Crippen LogP contribution is 2.39. The molecule has 0 heterocycles. The summed E-state index contributed by atoms with van der Waals surface area (Å²) >= 11 is 3.50. The second-order valence-corrected chi connectivity index (χ2v) is 5.67. The number of rotatable bonds is 1. The normalized spacial score (nSPS) is 21.0. The fourth-order valence-corrected chi connectivity index (χ4v) is 2.77. The standard InChI is InChI=1S/C12H16BrN/c1-12(2,14)11-6-3-8-7-9(13)4-5-10(8)11/h4-5,7,11H,3,6,14H2,1-2H3. The van der Waals surface area contributed by atoms with Gasteiger partial charge < -0.3 is 5.73 Å². The maximum Gasteiger partial charge on any atom is 0.0178 e. The van der Waals surface area contributed by atoms with Crippen molar-refractivity contribution >= 4 is 15.9 Å². The molecule has 2 N–H and O–H groups in total. The van der Waals surface area contributed by atoms with Crippen LogP contribution in [-0.2, 0) is 6.42 Å². The summed E-state index contributed by atoms with van der Waals surface area (Å²) in [6.45, 7) is 4.24. The van der Waals surface area contributed by atoms with Crippen molar-refractivity contribution in [2.24, 2.45) is 5.73 Å². The number of hydrogen-bond acceptors (Lipinski definition) is 1. The molecule has 1 unspecified atom stereocenters. The quantitative estimate of drug-likeness (QED) is 0.818. The molecule has 1 atom stereocenters. The second-order valence-electron chi connectivity index (χ2n) is 4.76. The van der Waals surface area contributed by atoms with E-state index in [2.05, 4.69) is 48.0 Å². The van der Waals surface area contributed by atoms with Crippen LogP contribution in [-0.4, -0.2) is 5.54 Å². The van der Waals surface area contributed by atoms with Gasteiger partial charge in [0.1, 0.15) is 0 Å². The molecule has 76 valence electrons. The molecule has 1 aromatic rings. The lowest BCUT2D eigenvalue weighted by molar-refractivity contribution is 0.409. The van der Waals surface area contributed by atoms with Gasteiger partial charge >= 0.3 is 0 Å². The molecule has 0 aliphatic heterocycles. The Morgan fingerprint density at radius 2 is 2.14 bits per heavy atom. The zero-order chi connectivity index (χ0) is 10.3. The molecule has 0 radical (unpaired) electrons. The number of fused-ring (bicyclic) bond motifs is 1. The summed E-state index contributed by atoms with van der Waals surface area (Å²) in [6, 6.07) is 6.55. The molecule has 1 aliphatic rings. The van der Waals surface area contributed by atoms with Gasteiger partial charge in [-0.3, -0.25) is 0 Å². The third-order valence-electron chi connectivity index (χ3n) is 3.08. The minimum absolute atomic E-state index is 0.0981. The third-order valence-corrected chi connectivity index (χ3v) is 3.57. The van der Waals surface area contributed by atoms with Gasteiger partial charge in [0.2, 0.25) is 0 Å². The Kier molecular flexibility index (Phi) is 2.44. The first-order valence-corrected chi connectivity index (χ1v) is 5.85. The molecule has 0 aromatic heterocycles. The van der Waals surface area contributed by atoms with E-state index in [9.17, 15) is 0 Å². The molecule has 14 heavy (non-hydrogen) atoms. The predicted molar refractivity (Wildman–Crippen MR) is 63.5 cm³/mol. The van der Waals surface area contributed by atoms with Gasteiger partial charge in [-0.15, -0.1) is 0 Å². The Morgan fingerprint density at radius 1 is 1.43 bits per heavy atom. The summed E-state index contributed by atoms with van der Waals surface area (Å²) in [5.74, 6) is 0.519. The molecule has 1 aromatic carbocycles. The lowest BCUT2D eigenvalue weighted by Gasteiger charge is -2.27. The fourth-order valence-electron chi connectivity index (χ4n) is 2.36.